The van der Waals surface area contributed by atoms with Gasteiger partial charge in [0, 0.05) is 6.42 Å². The third-order valence-corrected chi connectivity index (χ3v) is 2.35. The lowest BCUT2D eigenvalue weighted by Crippen LogP contribution is -2.27. The first-order valence-electron chi connectivity index (χ1n) is 5.96. The summed E-state index contributed by atoms with van der Waals surface area (Å²) >= 11 is 0. The predicted molar refractivity (Wildman–Crippen MR) is 65.7 cm³/mol. The zero-order valence-electron chi connectivity index (χ0n) is 10.9. The van der Waals surface area contributed by atoms with E-state index in [-0.39, 0.29) is 18.1 Å². The van der Waals surface area contributed by atoms with Gasteiger partial charge in [-0.1, -0.05) is 0 Å². The van der Waals surface area contributed by atoms with E-state index >= 15 is 0 Å². The highest BCUT2D eigenvalue weighted by Gasteiger charge is 2.12. The zero-order valence-corrected chi connectivity index (χ0v) is 10.9. The van der Waals surface area contributed by atoms with Crippen LogP contribution in [-0.2, 0) is 9.53 Å². The van der Waals surface area contributed by atoms with Crippen LogP contribution in [-0.4, -0.2) is 18.6 Å². The summed E-state index contributed by atoms with van der Waals surface area (Å²) in [6, 6.07) is 3.67. The first-order chi connectivity index (χ1) is 7.99. The summed E-state index contributed by atoms with van der Waals surface area (Å²) in [5, 5.41) is 2.87. The normalized spacial score (nSPS) is 12.8. The maximum Gasteiger partial charge on any atom is 0.222 e. The topological polar surface area (TPSA) is 51.5 Å². The molecule has 0 saturated carbocycles. The Labute approximate surface area is 102 Å². The van der Waals surface area contributed by atoms with Crippen LogP contribution in [0.1, 0.15) is 44.8 Å². The van der Waals surface area contributed by atoms with Crippen molar-refractivity contribution in [2.24, 2.45) is 0 Å². The summed E-state index contributed by atoms with van der Waals surface area (Å²) in [6.07, 6.45) is 0.537. The number of ether oxygens (including phenoxy) is 1. The molecule has 0 bridgehead atoms. The largest absolute Gasteiger partial charge is 0.464 e. The summed E-state index contributed by atoms with van der Waals surface area (Å²) in [4.78, 5) is 11.6. The first-order valence-corrected chi connectivity index (χ1v) is 5.96. The molecule has 17 heavy (non-hydrogen) atoms. The van der Waals surface area contributed by atoms with E-state index in [1.54, 1.807) is 0 Å². The third-order valence-electron chi connectivity index (χ3n) is 2.35. The molecule has 0 aromatic carbocycles. The number of carbonyl (C=O) groups excluding carboxylic acids is 1. The van der Waals surface area contributed by atoms with Gasteiger partial charge in [0.25, 0.3) is 0 Å². The van der Waals surface area contributed by atoms with Crippen LogP contribution in [0.25, 0.3) is 0 Å². The predicted octanol–water partition coefficient (Wildman–Crippen LogP) is 2.58. The fourth-order valence-corrected chi connectivity index (χ4v) is 1.46. The number of rotatable bonds is 6. The number of amides is 1. The average molecular weight is 239 g/mol. The maximum atomic E-state index is 11.6. The van der Waals surface area contributed by atoms with Gasteiger partial charge < -0.3 is 14.5 Å². The van der Waals surface area contributed by atoms with Crippen molar-refractivity contribution in [3.05, 3.63) is 23.7 Å². The number of aryl methyl sites for hydroxylation is 1. The number of nitrogens with one attached hydrogen (secondary N) is 1. The minimum atomic E-state index is -0.102. The van der Waals surface area contributed by atoms with E-state index < -0.39 is 0 Å². The van der Waals surface area contributed by atoms with Gasteiger partial charge in [-0.25, -0.2) is 0 Å². The SMILES string of the molecule is Cc1ccc(C(C)NC(=O)CCOC(C)C)o1. The number of hydrogen-bond acceptors (Lipinski definition) is 3. The lowest BCUT2D eigenvalue weighted by atomic mass is 10.2. The van der Waals surface area contributed by atoms with E-state index in [2.05, 4.69) is 5.32 Å². The Bertz CT molecular complexity index is 357. The molecule has 0 spiro atoms. The van der Waals surface area contributed by atoms with Crippen LogP contribution in [0.2, 0.25) is 0 Å². The lowest BCUT2D eigenvalue weighted by molar-refractivity contribution is -0.123. The van der Waals surface area contributed by atoms with Gasteiger partial charge >= 0.3 is 0 Å². The van der Waals surface area contributed by atoms with Crippen LogP contribution in [0, 0.1) is 6.92 Å². The molecule has 4 nitrogen and oxygen atoms in total. The molecule has 0 aliphatic heterocycles. The molecular formula is C13H21NO3. The van der Waals surface area contributed by atoms with Gasteiger partial charge in [0.05, 0.1) is 18.8 Å². The highest BCUT2D eigenvalue weighted by Crippen LogP contribution is 2.15. The molecule has 0 saturated heterocycles. The molecule has 1 amide bonds. The molecule has 4 heteroatoms. The van der Waals surface area contributed by atoms with Crippen molar-refractivity contribution >= 4 is 5.91 Å². The summed E-state index contributed by atoms with van der Waals surface area (Å²) in [6.45, 7) is 8.14. The van der Waals surface area contributed by atoms with Crippen LogP contribution in [0.15, 0.2) is 16.5 Å². The van der Waals surface area contributed by atoms with E-state index in [1.165, 1.54) is 0 Å². The van der Waals surface area contributed by atoms with Crippen molar-refractivity contribution in [2.45, 2.75) is 46.3 Å². The Kier molecular flexibility index (Phi) is 5.22. The first kappa shape index (κ1) is 13.8. The smallest absolute Gasteiger partial charge is 0.222 e. The monoisotopic (exact) mass is 239 g/mol. The van der Waals surface area contributed by atoms with Crippen molar-refractivity contribution < 1.29 is 13.9 Å². The van der Waals surface area contributed by atoms with Gasteiger partial charge in [-0.2, -0.15) is 0 Å². The molecule has 1 unspecified atom stereocenters. The minimum absolute atomic E-state index is 0.0211. The second kappa shape index (κ2) is 6.45. The second-order valence-electron chi connectivity index (χ2n) is 4.41. The Balaban J connectivity index is 2.31. The van der Waals surface area contributed by atoms with Crippen molar-refractivity contribution in [1.29, 1.82) is 0 Å². The van der Waals surface area contributed by atoms with E-state index in [1.807, 2.05) is 39.8 Å². The van der Waals surface area contributed by atoms with Gasteiger partial charge in [0.2, 0.25) is 5.91 Å². The van der Waals surface area contributed by atoms with Crippen molar-refractivity contribution in [3.63, 3.8) is 0 Å². The molecule has 0 fully saturated rings. The molecule has 1 atom stereocenters. The van der Waals surface area contributed by atoms with Gasteiger partial charge in [-0.05, 0) is 39.8 Å². The minimum Gasteiger partial charge on any atom is -0.464 e. The Morgan fingerprint density at radius 1 is 1.41 bits per heavy atom. The highest BCUT2D eigenvalue weighted by atomic mass is 16.5. The van der Waals surface area contributed by atoms with E-state index in [4.69, 9.17) is 9.15 Å². The van der Waals surface area contributed by atoms with Gasteiger partial charge in [0.1, 0.15) is 11.5 Å². The molecule has 0 aliphatic carbocycles. The van der Waals surface area contributed by atoms with Crippen molar-refractivity contribution in [3.8, 4) is 0 Å². The number of hydrogen-bond donors (Lipinski definition) is 1. The molecule has 96 valence electrons. The van der Waals surface area contributed by atoms with Crippen LogP contribution in [0.3, 0.4) is 0 Å². The Hall–Kier alpha value is -1.29. The van der Waals surface area contributed by atoms with Gasteiger partial charge in [-0.15, -0.1) is 0 Å². The molecule has 0 radical (unpaired) electrons. The quantitative estimate of drug-likeness (QED) is 0.830. The maximum absolute atomic E-state index is 11.6. The van der Waals surface area contributed by atoms with Gasteiger partial charge in [-0.3, -0.25) is 4.79 Å². The summed E-state index contributed by atoms with van der Waals surface area (Å²) in [5.74, 6) is 1.61. The van der Waals surface area contributed by atoms with Crippen molar-refractivity contribution in [2.75, 3.05) is 6.61 Å². The average Bonchev–Trinajstić information content (AvgIpc) is 2.64. The van der Waals surface area contributed by atoms with Crippen LogP contribution in [0.4, 0.5) is 0 Å². The fraction of sp³-hybridized carbons (Fsp3) is 0.615. The van der Waals surface area contributed by atoms with Gasteiger partial charge in [0.15, 0.2) is 0 Å². The lowest BCUT2D eigenvalue weighted by Gasteiger charge is -2.12. The summed E-state index contributed by atoms with van der Waals surface area (Å²) < 4.78 is 10.8. The molecule has 1 aromatic heterocycles. The van der Waals surface area contributed by atoms with E-state index in [9.17, 15) is 4.79 Å². The third kappa shape index (κ3) is 5.04. The number of furan rings is 1. The Morgan fingerprint density at radius 2 is 2.12 bits per heavy atom. The van der Waals surface area contributed by atoms with Crippen molar-refractivity contribution in [1.82, 2.24) is 5.32 Å². The zero-order chi connectivity index (χ0) is 12.8. The van der Waals surface area contributed by atoms with Crippen LogP contribution >= 0.6 is 0 Å². The standard InChI is InChI=1S/C13H21NO3/c1-9(2)16-8-7-13(15)14-11(4)12-6-5-10(3)17-12/h5-6,9,11H,7-8H2,1-4H3,(H,14,15). The van der Waals surface area contributed by atoms with Crippen LogP contribution in [0.5, 0.6) is 0 Å². The Morgan fingerprint density at radius 3 is 2.65 bits per heavy atom. The molecule has 1 aromatic rings. The molecule has 1 rings (SSSR count). The summed E-state index contributed by atoms with van der Waals surface area (Å²) in [5.41, 5.74) is 0. The van der Waals surface area contributed by atoms with Crippen LogP contribution < -0.4 is 5.32 Å². The number of carbonyl (C=O) groups is 1. The fourth-order valence-electron chi connectivity index (χ4n) is 1.46. The van der Waals surface area contributed by atoms with E-state index in [0.29, 0.717) is 13.0 Å². The molecular weight excluding hydrogens is 218 g/mol. The highest BCUT2D eigenvalue weighted by molar-refractivity contribution is 5.76. The molecule has 0 aliphatic rings. The molecule has 1 N–H and O–H groups in total. The van der Waals surface area contributed by atoms with E-state index in [0.717, 1.165) is 11.5 Å². The summed E-state index contributed by atoms with van der Waals surface area (Å²) in [7, 11) is 0. The molecule has 1 heterocycles. The second-order valence-corrected chi connectivity index (χ2v) is 4.41.